The molecule has 186 valence electrons. The van der Waals surface area contributed by atoms with Crippen molar-refractivity contribution in [1.82, 2.24) is 4.90 Å². The summed E-state index contributed by atoms with van der Waals surface area (Å²) in [6, 6.07) is 6.55. The van der Waals surface area contributed by atoms with Crippen LogP contribution in [-0.4, -0.2) is 68.4 Å². The van der Waals surface area contributed by atoms with E-state index in [0.717, 1.165) is 0 Å². The van der Waals surface area contributed by atoms with E-state index in [1.54, 1.807) is 32.3 Å². The normalized spacial score (nSPS) is 25.4. The number of carbonyl (C=O) groups excluding carboxylic acids is 4. The van der Waals surface area contributed by atoms with Crippen LogP contribution >= 0.6 is 0 Å². The number of aromatic hydroxyl groups is 1. The van der Waals surface area contributed by atoms with Gasteiger partial charge < -0.3 is 31.1 Å². The number of nitrogens with zero attached hydrogens (tertiary/aromatic N) is 1. The SMILES string of the molecule is CN(C)C(=O)c1ccc2cc3c(c(O)c2c1)C(O)=C1C(=O)[C@]2(O)C(O)=C(C(N)=O)C(=O)C[C@@H]2CC1C3. The minimum atomic E-state index is -2.60. The number of aliphatic hydroxyl groups is 3. The Morgan fingerprint density at radius 2 is 1.78 bits per heavy atom. The van der Waals surface area contributed by atoms with E-state index in [9.17, 15) is 39.6 Å². The maximum absolute atomic E-state index is 13.6. The Bertz CT molecular complexity index is 1480. The van der Waals surface area contributed by atoms with Crippen LogP contribution < -0.4 is 5.73 Å². The zero-order valence-electron chi connectivity index (χ0n) is 19.5. The van der Waals surface area contributed by atoms with Gasteiger partial charge >= 0.3 is 0 Å². The molecule has 1 saturated carbocycles. The number of phenols is 1. The summed E-state index contributed by atoms with van der Waals surface area (Å²) < 4.78 is 0. The number of phenolic OH excluding ortho intramolecular Hbond substituents is 1. The molecule has 2 amide bonds. The van der Waals surface area contributed by atoms with Crippen LogP contribution in [0.3, 0.4) is 0 Å². The predicted octanol–water partition coefficient (Wildman–Crippen LogP) is 1.28. The number of hydrogen-bond acceptors (Lipinski definition) is 8. The molecule has 0 heterocycles. The number of nitrogens with two attached hydrogens (primary N) is 1. The lowest BCUT2D eigenvalue weighted by Gasteiger charge is -2.46. The predicted molar refractivity (Wildman–Crippen MR) is 127 cm³/mol. The third kappa shape index (κ3) is 3.00. The molecule has 3 aliphatic rings. The van der Waals surface area contributed by atoms with Gasteiger partial charge in [-0.25, -0.2) is 0 Å². The summed E-state index contributed by atoms with van der Waals surface area (Å²) in [5.41, 5.74) is 2.42. The summed E-state index contributed by atoms with van der Waals surface area (Å²) in [4.78, 5) is 51.5. The molecule has 0 spiro atoms. The molecule has 2 aromatic carbocycles. The number of primary amides is 1. The lowest BCUT2D eigenvalue weighted by Crippen LogP contribution is -2.58. The van der Waals surface area contributed by atoms with Crippen LogP contribution in [0, 0.1) is 11.8 Å². The summed E-state index contributed by atoms with van der Waals surface area (Å²) in [7, 11) is 3.18. The quantitative estimate of drug-likeness (QED) is 0.389. The van der Waals surface area contributed by atoms with Crippen molar-refractivity contribution >= 4 is 39.9 Å². The Balaban J connectivity index is 1.70. The number of carbonyl (C=O) groups is 4. The molecule has 0 radical (unpaired) electrons. The van der Waals surface area contributed by atoms with Crippen LogP contribution in [0.15, 0.2) is 41.2 Å². The number of amides is 2. The standard InChI is InChI=1S/C26H24N2O8/c1-28(2)25(35)11-4-3-10-5-12-6-13-7-14-9-16(29)19(24(27)34)23(33)26(14,36)22(32)18(13)21(31)17(12)20(30)15(10)8-11/h3-5,8,13-14,30-31,33,36H,6-7,9H2,1-2H3,(H2,27,34)/t13?,14-,26-/m0/s1. The smallest absolute Gasteiger partial charge is 0.255 e. The Hall–Kier alpha value is -4.18. The third-order valence-corrected chi connectivity index (χ3v) is 7.52. The number of aliphatic hydroxyl groups excluding tert-OH is 2. The van der Waals surface area contributed by atoms with Crippen LogP contribution in [0.25, 0.3) is 16.5 Å². The third-order valence-electron chi connectivity index (χ3n) is 7.52. The van der Waals surface area contributed by atoms with E-state index in [-0.39, 0.29) is 47.4 Å². The van der Waals surface area contributed by atoms with E-state index in [0.29, 0.717) is 16.5 Å². The molecule has 36 heavy (non-hydrogen) atoms. The number of ketones is 2. The molecule has 3 aliphatic carbocycles. The first kappa shape index (κ1) is 23.6. The molecule has 2 aromatic rings. The maximum atomic E-state index is 13.6. The van der Waals surface area contributed by atoms with Crippen molar-refractivity contribution < 1.29 is 39.6 Å². The first-order valence-electron chi connectivity index (χ1n) is 11.4. The van der Waals surface area contributed by atoms with Crippen molar-refractivity contribution in [2.24, 2.45) is 17.6 Å². The lowest BCUT2D eigenvalue weighted by molar-refractivity contribution is -0.147. The van der Waals surface area contributed by atoms with E-state index in [4.69, 9.17) is 5.73 Å². The van der Waals surface area contributed by atoms with E-state index >= 15 is 0 Å². The Morgan fingerprint density at radius 1 is 1.08 bits per heavy atom. The molecule has 6 N–H and O–H groups in total. The van der Waals surface area contributed by atoms with Crippen LogP contribution in [0.2, 0.25) is 0 Å². The van der Waals surface area contributed by atoms with E-state index in [2.05, 4.69) is 0 Å². The maximum Gasteiger partial charge on any atom is 0.255 e. The number of hydrogen-bond donors (Lipinski definition) is 5. The molecule has 0 aliphatic heterocycles. The van der Waals surface area contributed by atoms with E-state index < -0.39 is 52.0 Å². The summed E-state index contributed by atoms with van der Waals surface area (Å²) in [6.07, 6.45) is -0.0815. The van der Waals surface area contributed by atoms with Gasteiger partial charge in [0, 0.05) is 43.0 Å². The average molecular weight is 492 g/mol. The van der Waals surface area contributed by atoms with Gasteiger partial charge in [-0.05, 0) is 41.8 Å². The Kier molecular flexibility index (Phi) is 5.01. The fourth-order valence-corrected chi connectivity index (χ4v) is 5.78. The molecule has 10 heteroatoms. The highest BCUT2D eigenvalue weighted by atomic mass is 16.3. The highest BCUT2D eigenvalue weighted by molar-refractivity contribution is 6.22. The van der Waals surface area contributed by atoms with Gasteiger partial charge in [0.2, 0.25) is 5.78 Å². The highest BCUT2D eigenvalue weighted by Crippen LogP contribution is 2.52. The van der Waals surface area contributed by atoms with Gasteiger partial charge in [-0.3, -0.25) is 19.2 Å². The van der Waals surface area contributed by atoms with Crippen LogP contribution in [0.5, 0.6) is 5.75 Å². The second-order valence-corrected chi connectivity index (χ2v) is 9.80. The van der Waals surface area contributed by atoms with E-state index in [1.165, 1.54) is 11.0 Å². The minimum Gasteiger partial charge on any atom is -0.508 e. The molecule has 1 unspecified atom stereocenters. The summed E-state index contributed by atoms with van der Waals surface area (Å²) >= 11 is 0. The molecule has 0 bridgehead atoms. The van der Waals surface area contributed by atoms with Gasteiger partial charge in [-0.2, -0.15) is 0 Å². The second kappa shape index (κ2) is 7.66. The Labute approximate surface area is 204 Å². The first-order valence-corrected chi connectivity index (χ1v) is 11.4. The van der Waals surface area contributed by atoms with Gasteiger partial charge in [0.25, 0.3) is 11.8 Å². The number of fused-ring (bicyclic) bond motifs is 4. The number of Topliss-reactive ketones (excluding diaryl/α,β-unsaturated/α-hetero) is 2. The van der Waals surface area contributed by atoms with Crippen molar-refractivity contribution in [1.29, 1.82) is 0 Å². The highest BCUT2D eigenvalue weighted by Gasteiger charge is 2.60. The molecular formula is C26H24N2O8. The summed E-state index contributed by atoms with van der Waals surface area (Å²) in [5.74, 6) is -6.99. The van der Waals surface area contributed by atoms with Crippen molar-refractivity contribution in [3.05, 3.63) is 57.9 Å². The first-order chi connectivity index (χ1) is 16.9. The minimum absolute atomic E-state index is 0.0101. The fraction of sp³-hybridized carbons (Fsp3) is 0.308. The molecule has 10 nitrogen and oxygen atoms in total. The molecule has 0 aromatic heterocycles. The monoisotopic (exact) mass is 492 g/mol. The van der Waals surface area contributed by atoms with Crippen molar-refractivity contribution in [3.63, 3.8) is 0 Å². The Morgan fingerprint density at radius 3 is 2.42 bits per heavy atom. The largest absolute Gasteiger partial charge is 0.508 e. The molecular weight excluding hydrogens is 468 g/mol. The van der Waals surface area contributed by atoms with Gasteiger partial charge in [-0.1, -0.05) is 12.1 Å². The van der Waals surface area contributed by atoms with Crippen molar-refractivity contribution in [2.45, 2.75) is 24.9 Å². The van der Waals surface area contributed by atoms with Gasteiger partial charge in [0.15, 0.2) is 11.4 Å². The zero-order valence-corrected chi connectivity index (χ0v) is 19.5. The van der Waals surface area contributed by atoms with Crippen molar-refractivity contribution in [2.75, 3.05) is 14.1 Å². The molecule has 5 rings (SSSR count). The van der Waals surface area contributed by atoms with Gasteiger partial charge in [0.1, 0.15) is 22.8 Å². The molecule has 1 fully saturated rings. The summed E-state index contributed by atoms with van der Waals surface area (Å²) in [5, 5.41) is 45.2. The molecule has 3 atom stereocenters. The van der Waals surface area contributed by atoms with Gasteiger partial charge in [-0.15, -0.1) is 0 Å². The number of rotatable bonds is 2. The van der Waals surface area contributed by atoms with Gasteiger partial charge in [0.05, 0.1) is 5.56 Å². The number of benzene rings is 2. The van der Waals surface area contributed by atoms with E-state index in [1.807, 2.05) is 0 Å². The topological polar surface area (TPSA) is 178 Å². The fourth-order valence-electron chi connectivity index (χ4n) is 5.78. The lowest BCUT2D eigenvalue weighted by atomic mass is 9.59. The van der Waals surface area contributed by atoms with Crippen LogP contribution in [-0.2, 0) is 20.8 Å². The van der Waals surface area contributed by atoms with Crippen molar-refractivity contribution in [3.8, 4) is 5.75 Å². The average Bonchev–Trinajstić information content (AvgIpc) is 2.80. The zero-order chi connectivity index (χ0) is 26.3. The van der Waals surface area contributed by atoms with Crippen LogP contribution in [0.4, 0.5) is 0 Å². The summed E-state index contributed by atoms with van der Waals surface area (Å²) in [6.45, 7) is 0. The molecule has 0 saturated heterocycles. The van der Waals surface area contributed by atoms with Crippen LogP contribution in [0.1, 0.15) is 34.3 Å². The second-order valence-electron chi connectivity index (χ2n) is 9.80.